The Hall–Kier alpha value is -2.38. The number of rotatable bonds is 3. The van der Waals surface area contributed by atoms with Gasteiger partial charge in [0, 0.05) is 12.7 Å². The first-order valence-corrected chi connectivity index (χ1v) is 5.79. The summed E-state index contributed by atoms with van der Waals surface area (Å²) in [7, 11) is 1.81. The van der Waals surface area contributed by atoms with Gasteiger partial charge in [-0.05, 0) is 42.0 Å². The van der Waals surface area contributed by atoms with Crippen molar-refractivity contribution in [1.29, 1.82) is 5.26 Å². The highest BCUT2D eigenvalue weighted by molar-refractivity contribution is 5.69. The van der Waals surface area contributed by atoms with Crippen molar-refractivity contribution in [3.8, 4) is 6.07 Å². The molecular weight excluding hydrogens is 243 g/mol. The largest absolute Gasteiger partial charge is 0.392 e. The van der Waals surface area contributed by atoms with E-state index in [1.165, 1.54) is 12.1 Å². The van der Waals surface area contributed by atoms with Crippen molar-refractivity contribution >= 4 is 11.4 Å². The number of halogens is 1. The first kappa shape index (κ1) is 13.1. The smallest absolute Gasteiger partial charge is 0.123 e. The lowest BCUT2D eigenvalue weighted by atomic mass is 10.1. The van der Waals surface area contributed by atoms with E-state index < -0.39 is 0 Å². The number of anilines is 2. The number of aliphatic hydroxyl groups is 1. The maximum atomic E-state index is 12.9. The fourth-order valence-corrected chi connectivity index (χ4v) is 1.87. The molecular formula is C15H13FN2O. The van der Waals surface area contributed by atoms with E-state index in [0.29, 0.717) is 16.8 Å². The maximum Gasteiger partial charge on any atom is 0.123 e. The van der Waals surface area contributed by atoms with Gasteiger partial charge in [-0.15, -0.1) is 0 Å². The molecule has 0 aliphatic heterocycles. The van der Waals surface area contributed by atoms with Crippen molar-refractivity contribution in [1.82, 2.24) is 0 Å². The molecule has 2 aromatic rings. The molecule has 4 heteroatoms. The Labute approximate surface area is 111 Å². The van der Waals surface area contributed by atoms with Crippen LogP contribution in [0.25, 0.3) is 0 Å². The van der Waals surface area contributed by atoms with Crippen LogP contribution in [0.15, 0.2) is 42.5 Å². The summed E-state index contributed by atoms with van der Waals surface area (Å²) >= 11 is 0. The summed E-state index contributed by atoms with van der Waals surface area (Å²) in [6.45, 7) is -0.102. The molecule has 1 N–H and O–H groups in total. The third-order valence-corrected chi connectivity index (χ3v) is 2.94. The Bertz CT molecular complexity index is 617. The predicted octanol–water partition coefficient (Wildman–Crippen LogP) is 2.96. The van der Waals surface area contributed by atoms with Gasteiger partial charge in [-0.1, -0.05) is 6.07 Å². The normalized spacial score (nSPS) is 10.0. The van der Waals surface area contributed by atoms with E-state index in [-0.39, 0.29) is 12.4 Å². The molecule has 96 valence electrons. The number of benzene rings is 2. The lowest BCUT2D eigenvalue weighted by molar-refractivity contribution is 0.282. The van der Waals surface area contributed by atoms with E-state index in [0.717, 1.165) is 5.69 Å². The molecule has 0 heterocycles. The van der Waals surface area contributed by atoms with Crippen LogP contribution in [0.5, 0.6) is 0 Å². The fourth-order valence-electron chi connectivity index (χ4n) is 1.87. The zero-order valence-corrected chi connectivity index (χ0v) is 10.5. The molecule has 19 heavy (non-hydrogen) atoms. The maximum absolute atomic E-state index is 12.9. The summed E-state index contributed by atoms with van der Waals surface area (Å²) in [5.74, 6) is -0.298. The van der Waals surface area contributed by atoms with Crippen LogP contribution in [0.1, 0.15) is 11.1 Å². The summed E-state index contributed by atoms with van der Waals surface area (Å²) in [5.41, 5.74) is 2.66. The average Bonchev–Trinajstić information content (AvgIpc) is 2.46. The number of hydrogen-bond acceptors (Lipinski definition) is 3. The Morgan fingerprint density at radius 1 is 1.21 bits per heavy atom. The summed E-state index contributed by atoms with van der Waals surface area (Å²) in [6, 6.07) is 13.3. The van der Waals surface area contributed by atoms with Gasteiger partial charge in [-0.2, -0.15) is 5.26 Å². The van der Waals surface area contributed by atoms with Crippen LogP contribution in [0, 0.1) is 17.1 Å². The van der Waals surface area contributed by atoms with E-state index >= 15 is 0 Å². The molecule has 2 rings (SSSR count). The topological polar surface area (TPSA) is 47.3 Å². The van der Waals surface area contributed by atoms with E-state index in [1.54, 1.807) is 35.2 Å². The minimum Gasteiger partial charge on any atom is -0.392 e. The second-order valence-corrected chi connectivity index (χ2v) is 4.16. The van der Waals surface area contributed by atoms with Crippen LogP contribution in [0.3, 0.4) is 0 Å². The van der Waals surface area contributed by atoms with Crippen LogP contribution < -0.4 is 4.90 Å². The fraction of sp³-hybridized carbons (Fsp3) is 0.133. The Morgan fingerprint density at radius 2 is 1.89 bits per heavy atom. The summed E-state index contributed by atoms with van der Waals surface area (Å²) in [4.78, 5) is 1.80. The molecule has 0 unspecified atom stereocenters. The van der Waals surface area contributed by atoms with Crippen molar-refractivity contribution < 1.29 is 9.50 Å². The number of aliphatic hydroxyl groups excluding tert-OH is 1. The van der Waals surface area contributed by atoms with Crippen LogP contribution in [-0.4, -0.2) is 12.2 Å². The third kappa shape index (κ3) is 2.72. The van der Waals surface area contributed by atoms with Crippen molar-refractivity contribution in [3.05, 3.63) is 59.4 Å². The van der Waals surface area contributed by atoms with Crippen molar-refractivity contribution in [2.75, 3.05) is 11.9 Å². The van der Waals surface area contributed by atoms with Crippen molar-refractivity contribution in [3.63, 3.8) is 0 Å². The highest BCUT2D eigenvalue weighted by Gasteiger charge is 2.10. The lowest BCUT2D eigenvalue weighted by Crippen LogP contribution is -2.11. The van der Waals surface area contributed by atoms with Crippen LogP contribution in [0.4, 0.5) is 15.8 Å². The van der Waals surface area contributed by atoms with E-state index in [1.807, 2.05) is 7.05 Å². The SMILES string of the molecule is CN(c1ccc(F)cc1)c1ccc(CO)cc1C#N. The zero-order valence-electron chi connectivity index (χ0n) is 10.5. The van der Waals surface area contributed by atoms with E-state index in [9.17, 15) is 4.39 Å². The highest BCUT2D eigenvalue weighted by Crippen LogP contribution is 2.27. The van der Waals surface area contributed by atoms with Gasteiger partial charge in [0.15, 0.2) is 0 Å². The quantitative estimate of drug-likeness (QED) is 0.918. The zero-order chi connectivity index (χ0) is 13.8. The van der Waals surface area contributed by atoms with Crippen LogP contribution in [-0.2, 0) is 6.61 Å². The summed E-state index contributed by atoms with van der Waals surface area (Å²) < 4.78 is 12.9. The van der Waals surface area contributed by atoms with Gasteiger partial charge in [0.2, 0.25) is 0 Å². The molecule has 2 aromatic carbocycles. The molecule has 0 amide bonds. The van der Waals surface area contributed by atoms with Crippen molar-refractivity contribution in [2.24, 2.45) is 0 Å². The second-order valence-electron chi connectivity index (χ2n) is 4.16. The molecule has 0 fully saturated rings. The summed E-state index contributed by atoms with van der Waals surface area (Å²) in [6.07, 6.45) is 0. The molecule has 3 nitrogen and oxygen atoms in total. The first-order valence-electron chi connectivity index (χ1n) is 5.79. The predicted molar refractivity (Wildman–Crippen MR) is 71.5 cm³/mol. The first-order chi connectivity index (χ1) is 9.15. The monoisotopic (exact) mass is 256 g/mol. The standard InChI is InChI=1S/C15H13FN2O/c1-18(14-5-3-13(16)4-6-14)15-7-2-11(10-19)8-12(15)9-17/h2-8,19H,10H2,1H3. The van der Waals surface area contributed by atoms with Gasteiger partial charge in [0.05, 0.1) is 17.9 Å². The van der Waals surface area contributed by atoms with Gasteiger partial charge in [-0.3, -0.25) is 0 Å². The molecule has 0 radical (unpaired) electrons. The van der Waals surface area contributed by atoms with Crippen molar-refractivity contribution in [2.45, 2.75) is 6.61 Å². The average molecular weight is 256 g/mol. The minimum absolute atomic E-state index is 0.102. The van der Waals surface area contributed by atoms with Gasteiger partial charge in [0.25, 0.3) is 0 Å². The molecule has 0 bridgehead atoms. The molecule has 0 aromatic heterocycles. The Balaban J connectivity index is 2.41. The third-order valence-electron chi connectivity index (χ3n) is 2.94. The van der Waals surface area contributed by atoms with Gasteiger partial charge < -0.3 is 10.0 Å². The molecule has 0 spiro atoms. The molecule has 0 aliphatic rings. The lowest BCUT2D eigenvalue weighted by Gasteiger charge is -2.21. The Morgan fingerprint density at radius 3 is 2.47 bits per heavy atom. The number of hydrogen-bond donors (Lipinski definition) is 1. The van der Waals surface area contributed by atoms with Crippen LogP contribution in [0.2, 0.25) is 0 Å². The van der Waals surface area contributed by atoms with Gasteiger partial charge in [0.1, 0.15) is 11.9 Å². The second kappa shape index (κ2) is 5.51. The molecule has 0 aliphatic carbocycles. The highest BCUT2D eigenvalue weighted by atomic mass is 19.1. The molecule has 0 saturated carbocycles. The number of nitrogens with zero attached hydrogens (tertiary/aromatic N) is 2. The molecule has 0 atom stereocenters. The van der Waals surface area contributed by atoms with Gasteiger partial charge >= 0.3 is 0 Å². The van der Waals surface area contributed by atoms with E-state index in [4.69, 9.17) is 10.4 Å². The molecule has 0 saturated heterocycles. The minimum atomic E-state index is -0.298. The Kier molecular flexibility index (Phi) is 3.79. The summed E-state index contributed by atoms with van der Waals surface area (Å²) in [5, 5.41) is 18.2. The number of nitriles is 1. The van der Waals surface area contributed by atoms with E-state index in [2.05, 4.69) is 6.07 Å². The van der Waals surface area contributed by atoms with Crippen LogP contribution >= 0.6 is 0 Å². The van der Waals surface area contributed by atoms with Gasteiger partial charge in [-0.25, -0.2) is 4.39 Å².